The third-order valence-electron chi connectivity index (χ3n) is 1.34. The van der Waals surface area contributed by atoms with Crippen molar-refractivity contribution >= 4 is 10.1 Å². The van der Waals surface area contributed by atoms with Crippen LogP contribution in [-0.2, 0) is 10.1 Å². The molecule has 0 aliphatic carbocycles. The van der Waals surface area contributed by atoms with Gasteiger partial charge in [-0.3, -0.25) is 9.87 Å². The van der Waals surface area contributed by atoms with Crippen molar-refractivity contribution in [2.75, 3.05) is 6.54 Å². The Morgan fingerprint density at radius 3 is 2.27 bits per heavy atom. The van der Waals surface area contributed by atoms with E-state index < -0.39 is 15.5 Å². The van der Waals surface area contributed by atoms with Gasteiger partial charge in [0.05, 0.1) is 0 Å². The predicted molar refractivity (Wildman–Crippen MR) is 43.9 cm³/mol. The van der Waals surface area contributed by atoms with Gasteiger partial charge in [-0.1, -0.05) is 20.3 Å². The zero-order chi connectivity index (χ0) is 8.91. The molecular weight excluding hydrogens is 166 g/mol. The minimum atomic E-state index is -3.90. The first-order valence-electron chi connectivity index (χ1n) is 3.72. The molecule has 0 aromatic heterocycles. The molecule has 1 unspecified atom stereocenters. The summed E-state index contributed by atoms with van der Waals surface area (Å²) in [6.07, 6.45) is 1.18. The van der Waals surface area contributed by atoms with Crippen LogP contribution in [0.15, 0.2) is 0 Å². The Morgan fingerprint density at radius 1 is 1.45 bits per heavy atom. The lowest BCUT2D eigenvalue weighted by molar-refractivity contribution is 0.443. The van der Waals surface area contributed by atoms with E-state index in [9.17, 15) is 8.42 Å². The highest BCUT2D eigenvalue weighted by Gasteiger charge is 2.19. The van der Waals surface area contributed by atoms with Gasteiger partial charge in [-0.25, -0.2) is 0 Å². The van der Waals surface area contributed by atoms with E-state index in [0.717, 1.165) is 6.42 Å². The molecule has 11 heavy (non-hydrogen) atoms. The van der Waals surface area contributed by atoms with E-state index in [4.69, 9.17) is 4.55 Å². The Morgan fingerprint density at radius 2 is 2.00 bits per heavy atom. The van der Waals surface area contributed by atoms with Gasteiger partial charge >= 0.3 is 0 Å². The Hall–Kier alpha value is -0.130. The molecule has 0 rings (SSSR count). The highest BCUT2D eigenvalue weighted by molar-refractivity contribution is 7.86. The molecule has 0 saturated heterocycles. The smallest absolute Gasteiger partial charge is 0.281 e. The molecule has 0 aliphatic rings. The van der Waals surface area contributed by atoms with E-state index in [2.05, 4.69) is 5.32 Å². The quantitative estimate of drug-likeness (QED) is 0.610. The van der Waals surface area contributed by atoms with Crippen molar-refractivity contribution in [1.29, 1.82) is 0 Å². The van der Waals surface area contributed by atoms with Gasteiger partial charge in [0, 0.05) is 0 Å². The second-order valence-electron chi connectivity index (χ2n) is 2.35. The molecule has 68 valence electrons. The van der Waals surface area contributed by atoms with Gasteiger partial charge in [-0.15, -0.1) is 0 Å². The first-order chi connectivity index (χ1) is 5.02. The summed E-state index contributed by atoms with van der Waals surface area (Å²) in [5.74, 6) is 0. The lowest BCUT2D eigenvalue weighted by Crippen LogP contribution is -2.35. The van der Waals surface area contributed by atoms with Gasteiger partial charge in [0.15, 0.2) is 0 Å². The van der Waals surface area contributed by atoms with Crippen molar-refractivity contribution in [3.63, 3.8) is 0 Å². The van der Waals surface area contributed by atoms with Gasteiger partial charge in [0.25, 0.3) is 10.1 Å². The summed E-state index contributed by atoms with van der Waals surface area (Å²) in [6.45, 7) is 4.22. The number of rotatable bonds is 5. The van der Waals surface area contributed by atoms with Crippen LogP contribution < -0.4 is 5.32 Å². The molecule has 0 radical (unpaired) electrons. The Kier molecular flexibility index (Phi) is 4.63. The second kappa shape index (κ2) is 4.69. The molecule has 2 N–H and O–H groups in total. The van der Waals surface area contributed by atoms with E-state index in [0.29, 0.717) is 13.0 Å². The minimum Gasteiger partial charge on any atom is -0.299 e. The molecule has 0 spiro atoms. The van der Waals surface area contributed by atoms with E-state index in [1.54, 1.807) is 6.92 Å². The third kappa shape index (κ3) is 4.34. The normalized spacial score (nSPS) is 14.8. The SMILES string of the molecule is CCCC(NCC)S(=O)(=O)O. The summed E-state index contributed by atoms with van der Waals surface area (Å²) < 4.78 is 29.9. The van der Waals surface area contributed by atoms with Crippen LogP contribution in [0.3, 0.4) is 0 Å². The molecule has 5 heteroatoms. The van der Waals surface area contributed by atoms with E-state index in [1.807, 2.05) is 6.92 Å². The van der Waals surface area contributed by atoms with Crippen LogP contribution in [0.25, 0.3) is 0 Å². The molecule has 1 atom stereocenters. The maximum atomic E-state index is 10.6. The van der Waals surface area contributed by atoms with Gasteiger partial charge in [-0.05, 0) is 13.0 Å². The zero-order valence-corrected chi connectivity index (χ0v) is 7.69. The van der Waals surface area contributed by atoms with Gasteiger partial charge in [0.2, 0.25) is 0 Å². The van der Waals surface area contributed by atoms with Crippen molar-refractivity contribution in [2.24, 2.45) is 0 Å². The zero-order valence-electron chi connectivity index (χ0n) is 6.87. The lowest BCUT2D eigenvalue weighted by atomic mass is 10.3. The van der Waals surface area contributed by atoms with E-state index >= 15 is 0 Å². The topological polar surface area (TPSA) is 66.4 Å². The van der Waals surface area contributed by atoms with Gasteiger partial charge in [0.1, 0.15) is 5.37 Å². The Labute approximate surface area is 67.7 Å². The largest absolute Gasteiger partial charge is 0.299 e. The van der Waals surface area contributed by atoms with Crippen LogP contribution >= 0.6 is 0 Å². The van der Waals surface area contributed by atoms with Crippen molar-refractivity contribution in [1.82, 2.24) is 5.32 Å². The summed E-state index contributed by atoms with van der Waals surface area (Å²) >= 11 is 0. The third-order valence-corrected chi connectivity index (χ3v) is 2.46. The Balaban J connectivity index is 4.11. The summed E-state index contributed by atoms with van der Waals surface area (Å²) in [5, 5.41) is 1.89. The number of nitrogens with one attached hydrogen (secondary N) is 1. The van der Waals surface area contributed by atoms with Crippen molar-refractivity contribution < 1.29 is 13.0 Å². The maximum absolute atomic E-state index is 10.6. The molecule has 4 nitrogen and oxygen atoms in total. The van der Waals surface area contributed by atoms with Crippen molar-refractivity contribution in [3.8, 4) is 0 Å². The fourth-order valence-electron chi connectivity index (χ4n) is 0.846. The van der Waals surface area contributed by atoms with E-state index in [-0.39, 0.29) is 0 Å². The standard InChI is InChI=1S/C6H15NO3S/c1-3-5-6(7-4-2)11(8,9)10/h6-7H,3-5H2,1-2H3,(H,8,9,10). The first-order valence-corrected chi connectivity index (χ1v) is 5.22. The second-order valence-corrected chi connectivity index (χ2v) is 3.95. The molecular formula is C6H15NO3S. The Bertz CT molecular complexity index is 182. The van der Waals surface area contributed by atoms with Crippen LogP contribution in [-0.4, -0.2) is 24.9 Å². The summed E-state index contributed by atoms with van der Waals surface area (Å²) in [7, 11) is -3.90. The molecule has 0 heterocycles. The van der Waals surface area contributed by atoms with Crippen LogP contribution in [0.2, 0.25) is 0 Å². The maximum Gasteiger partial charge on any atom is 0.281 e. The van der Waals surface area contributed by atoms with Crippen molar-refractivity contribution in [2.45, 2.75) is 32.1 Å². The van der Waals surface area contributed by atoms with Crippen LogP contribution in [0.1, 0.15) is 26.7 Å². The van der Waals surface area contributed by atoms with Crippen LogP contribution in [0, 0.1) is 0 Å². The van der Waals surface area contributed by atoms with Gasteiger partial charge in [-0.2, -0.15) is 8.42 Å². The number of hydrogen-bond donors (Lipinski definition) is 2. The monoisotopic (exact) mass is 181 g/mol. The first kappa shape index (κ1) is 10.9. The van der Waals surface area contributed by atoms with Gasteiger partial charge < -0.3 is 0 Å². The highest BCUT2D eigenvalue weighted by Crippen LogP contribution is 2.02. The number of hydrogen-bond acceptors (Lipinski definition) is 3. The lowest BCUT2D eigenvalue weighted by Gasteiger charge is -2.12. The van der Waals surface area contributed by atoms with E-state index in [1.165, 1.54) is 0 Å². The molecule has 0 saturated carbocycles. The molecule has 0 bridgehead atoms. The molecule has 0 aromatic rings. The molecule has 0 aliphatic heterocycles. The average molecular weight is 181 g/mol. The average Bonchev–Trinajstić information content (AvgIpc) is 1.85. The van der Waals surface area contributed by atoms with Crippen LogP contribution in [0.5, 0.6) is 0 Å². The predicted octanol–water partition coefficient (Wildman–Crippen LogP) is 0.610. The van der Waals surface area contributed by atoms with Crippen LogP contribution in [0.4, 0.5) is 0 Å². The summed E-state index contributed by atoms with van der Waals surface area (Å²) in [6, 6.07) is 0. The van der Waals surface area contributed by atoms with Crippen molar-refractivity contribution in [3.05, 3.63) is 0 Å². The summed E-state index contributed by atoms with van der Waals surface area (Å²) in [5.41, 5.74) is 0. The molecule has 0 amide bonds. The minimum absolute atomic E-state index is 0.451. The fraction of sp³-hybridized carbons (Fsp3) is 1.00. The fourth-order valence-corrected chi connectivity index (χ4v) is 1.76. The molecule has 0 fully saturated rings. The summed E-state index contributed by atoms with van der Waals surface area (Å²) in [4.78, 5) is 0. The molecule has 0 aromatic carbocycles. The highest BCUT2D eigenvalue weighted by atomic mass is 32.2.